The lowest BCUT2D eigenvalue weighted by atomic mass is 9.91. The van der Waals surface area contributed by atoms with Crippen LogP contribution >= 0.6 is 11.6 Å². The zero-order valence-electron chi connectivity index (χ0n) is 19.4. The number of hydrogen-bond donors (Lipinski definition) is 1. The fourth-order valence-electron chi connectivity index (χ4n) is 3.85. The molecule has 3 aromatic rings. The van der Waals surface area contributed by atoms with Crippen LogP contribution in [-0.4, -0.2) is 21.5 Å². The highest BCUT2D eigenvalue weighted by Crippen LogP contribution is 2.30. The Balaban J connectivity index is 1.81. The molecule has 3 aromatic carbocycles. The lowest BCUT2D eigenvalue weighted by Gasteiger charge is -2.23. The number of halogens is 1. The molecule has 0 amide bonds. The Bertz CT molecular complexity index is 1160. The van der Waals surface area contributed by atoms with Gasteiger partial charge in [-0.05, 0) is 66.1 Å². The summed E-state index contributed by atoms with van der Waals surface area (Å²) in [6, 6.07) is 23.7. The quantitative estimate of drug-likeness (QED) is 0.326. The number of aryl methyl sites for hydroxylation is 1. The molecule has 1 N–H and O–H groups in total. The van der Waals surface area contributed by atoms with Gasteiger partial charge in [-0.3, -0.25) is 4.79 Å². The van der Waals surface area contributed by atoms with Crippen LogP contribution in [0, 0.1) is 0 Å². The summed E-state index contributed by atoms with van der Waals surface area (Å²) in [5.41, 5.74) is 3.12. The molecular formula is C27H30ClNO4S. The maximum atomic E-state index is 13.1. The summed E-state index contributed by atoms with van der Waals surface area (Å²) < 4.78 is 33.9. The first-order valence-electron chi connectivity index (χ1n) is 11.3. The van der Waals surface area contributed by atoms with Gasteiger partial charge in [0, 0.05) is 17.5 Å². The Morgan fingerprint density at radius 2 is 1.59 bits per heavy atom. The van der Waals surface area contributed by atoms with Crippen molar-refractivity contribution in [2.45, 2.75) is 49.5 Å². The van der Waals surface area contributed by atoms with Gasteiger partial charge in [-0.2, -0.15) is 0 Å². The first kappa shape index (κ1) is 25.9. The van der Waals surface area contributed by atoms with Crippen LogP contribution in [0.4, 0.5) is 0 Å². The number of carbonyl (C=O) groups excluding carboxylic acids is 1. The van der Waals surface area contributed by atoms with Crippen LogP contribution in [0.1, 0.15) is 54.8 Å². The van der Waals surface area contributed by atoms with Crippen LogP contribution in [0.15, 0.2) is 83.8 Å². The SMILES string of the molecule is COC(=O)CCCc1ccc(C(CC(C)c2ccccc2)NS(=O)(=O)c2ccc(Cl)cc2)cc1. The van der Waals surface area contributed by atoms with Gasteiger partial charge < -0.3 is 4.74 Å². The van der Waals surface area contributed by atoms with Crippen molar-refractivity contribution in [2.75, 3.05) is 7.11 Å². The van der Waals surface area contributed by atoms with Crippen LogP contribution in [-0.2, 0) is 26.0 Å². The van der Waals surface area contributed by atoms with E-state index in [-0.39, 0.29) is 16.8 Å². The van der Waals surface area contributed by atoms with Gasteiger partial charge in [0.1, 0.15) is 0 Å². The maximum absolute atomic E-state index is 13.1. The molecule has 0 heterocycles. The highest BCUT2D eigenvalue weighted by atomic mass is 35.5. The van der Waals surface area contributed by atoms with Crippen LogP contribution in [0.3, 0.4) is 0 Å². The van der Waals surface area contributed by atoms with E-state index >= 15 is 0 Å². The lowest BCUT2D eigenvalue weighted by molar-refractivity contribution is -0.140. The molecule has 7 heteroatoms. The first-order chi connectivity index (χ1) is 16.3. The van der Waals surface area contributed by atoms with Gasteiger partial charge in [0.05, 0.1) is 12.0 Å². The molecule has 0 spiro atoms. The van der Waals surface area contributed by atoms with E-state index < -0.39 is 16.1 Å². The number of hydrogen-bond acceptors (Lipinski definition) is 4. The molecule has 0 aliphatic rings. The molecule has 0 aliphatic heterocycles. The Hall–Kier alpha value is -2.67. The Morgan fingerprint density at radius 1 is 0.941 bits per heavy atom. The van der Waals surface area contributed by atoms with E-state index in [2.05, 4.69) is 23.8 Å². The molecule has 0 saturated heterocycles. The molecule has 2 atom stereocenters. The zero-order chi connectivity index (χ0) is 24.6. The van der Waals surface area contributed by atoms with Crippen LogP contribution in [0.5, 0.6) is 0 Å². The lowest BCUT2D eigenvalue weighted by Crippen LogP contribution is -2.29. The summed E-state index contributed by atoms with van der Waals surface area (Å²) in [7, 11) is -2.36. The maximum Gasteiger partial charge on any atom is 0.305 e. The summed E-state index contributed by atoms with van der Waals surface area (Å²) in [4.78, 5) is 11.5. The molecule has 180 valence electrons. The van der Waals surface area contributed by atoms with Crippen molar-refractivity contribution < 1.29 is 17.9 Å². The molecule has 34 heavy (non-hydrogen) atoms. The number of nitrogens with one attached hydrogen (secondary N) is 1. The predicted molar refractivity (Wildman–Crippen MR) is 135 cm³/mol. The van der Waals surface area contributed by atoms with Crippen molar-refractivity contribution in [3.8, 4) is 0 Å². The molecule has 0 aromatic heterocycles. The second-order valence-corrected chi connectivity index (χ2v) is 10.5. The summed E-state index contributed by atoms with van der Waals surface area (Å²) in [6.45, 7) is 2.10. The standard InChI is InChI=1S/C27H30ClNO4S/c1-20(22-8-4-3-5-9-22)19-26(29-34(31,32)25-17-15-24(28)16-18-25)23-13-11-21(12-14-23)7-6-10-27(30)33-2/h3-5,8-9,11-18,20,26,29H,6-7,10,19H2,1-2H3. The largest absolute Gasteiger partial charge is 0.469 e. The number of esters is 1. The van der Waals surface area contributed by atoms with Crippen LogP contribution in [0.25, 0.3) is 0 Å². The minimum Gasteiger partial charge on any atom is -0.469 e. The number of ether oxygens (including phenoxy) is 1. The predicted octanol–water partition coefficient (Wildman–Crippen LogP) is 6.05. The minimum absolute atomic E-state index is 0.138. The molecule has 0 radical (unpaired) electrons. The van der Waals surface area contributed by atoms with E-state index in [0.29, 0.717) is 24.3 Å². The van der Waals surface area contributed by atoms with Crippen molar-refractivity contribution in [3.05, 3.63) is 101 Å². The minimum atomic E-state index is -3.75. The molecule has 0 fully saturated rings. The number of carbonyl (C=O) groups is 1. The zero-order valence-corrected chi connectivity index (χ0v) is 21.0. The van der Waals surface area contributed by atoms with Gasteiger partial charge >= 0.3 is 5.97 Å². The third kappa shape index (κ3) is 7.42. The van der Waals surface area contributed by atoms with E-state index in [9.17, 15) is 13.2 Å². The van der Waals surface area contributed by atoms with Crippen molar-refractivity contribution in [2.24, 2.45) is 0 Å². The second kappa shape index (κ2) is 12.2. The summed E-state index contributed by atoms with van der Waals surface area (Å²) in [6.07, 6.45) is 2.41. The third-order valence-corrected chi connectivity index (χ3v) is 7.57. The monoisotopic (exact) mass is 499 g/mol. The Labute approximate surface area is 207 Å². The molecule has 3 rings (SSSR count). The van der Waals surface area contributed by atoms with E-state index in [0.717, 1.165) is 23.1 Å². The van der Waals surface area contributed by atoms with Crippen molar-refractivity contribution in [1.29, 1.82) is 0 Å². The van der Waals surface area contributed by atoms with Gasteiger partial charge in [0.25, 0.3) is 0 Å². The van der Waals surface area contributed by atoms with Gasteiger partial charge in [0.2, 0.25) is 10.0 Å². The molecule has 0 saturated carbocycles. The Morgan fingerprint density at radius 3 is 2.21 bits per heavy atom. The van der Waals surface area contributed by atoms with Gasteiger partial charge in [-0.1, -0.05) is 73.1 Å². The van der Waals surface area contributed by atoms with Crippen molar-refractivity contribution in [1.82, 2.24) is 4.72 Å². The Kier molecular flexibility index (Phi) is 9.28. The number of sulfonamides is 1. The second-order valence-electron chi connectivity index (χ2n) is 8.35. The smallest absolute Gasteiger partial charge is 0.305 e. The fourth-order valence-corrected chi connectivity index (χ4v) is 5.21. The molecule has 0 aliphatic carbocycles. The van der Waals surface area contributed by atoms with Crippen molar-refractivity contribution >= 4 is 27.6 Å². The third-order valence-electron chi connectivity index (χ3n) is 5.84. The van der Waals surface area contributed by atoms with Crippen LogP contribution in [0.2, 0.25) is 5.02 Å². The molecule has 5 nitrogen and oxygen atoms in total. The van der Waals surface area contributed by atoms with Crippen LogP contribution < -0.4 is 4.72 Å². The molecule has 2 unspecified atom stereocenters. The average molecular weight is 500 g/mol. The normalized spacial score (nSPS) is 13.3. The molecule has 0 bridgehead atoms. The van der Waals surface area contributed by atoms with E-state index in [1.807, 2.05) is 42.5 Å². The van der Waals surface area contributed by atoms with E-state index in [1.54, 1.807) is 12.1 Å². The van der Waals surface area contributed by atoms with Gasteiger partial charge in [-0.15, -0.1) is 0 Å². The first-order valence-corrected chi connectivity index (χ1v) is 13.1. The fraction of sp³-hybridized carbons (Fsp3) is 0.296. The molecular weight excluding hydrogens is 470 g/mol. The van der Waals surface area contributed by atoms with Gasteiger partial charge in [0.15, 0.2) is 0 Å². The summed E-state index contributed by atoms with van der Waals surface area (Å²) >= 11 is 5.94. The number of benzene rings is 3. The number of rotatable bonds is 11. The summed E-state index contributed by atoms with van der Waals surface area (Å²) in [5.74, 6) is -0.0814. The van der Waals surface area contributed by atoms with Crippen molar-refractivity contribution in [3.63, 3.8) is 0 Å². The highest BCUT2D eigenvalue weighted by Gasteiger charge is 2.24. The number of methoxy groups -OCH3 is 1. The summed E-state index contributed by atoms with van der Waals surface area (Å²) in [5, 5.41) is 0.482. The van der Waals surface area contributed by atoms with Gasteiger partial charge in [-0.25, -0.2) is 13.1 Å². The van der Waals surface area contributed by atoms with E-state index in [1.165, 1.54) is 19.2 Å². The van der Waals surface area contributed by atoms with E-state index in [4.69, 9.17) is 16.3 Å². The topological polar surface area (TPSA) is 72.5 Å². The average Bonchev–Trinajstić information content (AvgIpc) is 2.84. The highest BCUT2D eigenvalue weighted by molar-refractivity contribution is 7.89.